The molecule has 0 aliphatic heterocycles. The van der Waals surface area contributed by atoms with Crippen LogP contribution in [0.1, 0.15) is 54.4 Å². The van der Waals surface area contributed by atoms with Crippen molar-refractivity contribution in [1.82, 2.24) is 28.7 Å². The van der Waals surface area contributed by atoms with Crippen LogP contribution in [-0.4, -0.2) is 109 Å². The molecule has 0 atom stereocenters. The number of quaternary nitrogens is 2. The number of hydrogen-bond donors (Lipinski definition) is 6. The van der Waals surface area contributed by atoms with Crippen LogP contribution < -0.4 is 41.3 Å². The second-order valence-corrected chi connectivity index (χ2v) is 20.8. The first-order chi connectivity index (χ1) is 39.9. The number of nitrogens with two attached hydrogens (primary N) is 2. The fourth-order valence-corrected chi connectivity index (χ4v) is 8.17. The van der Waals surface area contributed by atoms with Crippen LogP contribution in [0.3, 0.4) is 0 Å². The van der Waals surface area contributed by atoms with Crippen LogP contribution in [0.25, 0.3) is 21.8 Å². The number of amidine groups is 2. The number of carboxylic acid groups (broad SMARTS) is 2. The minimum atomic E-state index is -5.19. The van der Waals surface area contributed by atoms with E-state index in [-0.39, 0.29) is 34.9 Å². The highest BCUT2D eigenvalue weighted by atomic mass is 19.4. The summed E-state index contributed by atoms with van der Waals surface area (Å²) in [6, 6.07) is 43.1. The van der Waals surface area contributed by atoms with Crippen molar-refractivity contribution in [2.75, 3.05) is 42.3 Å². The summed E-state index contributed by atoms with van der Waals surface area (Å²) < 4.78 is 68.1. The Morgan fingerprint density at radius 2 is 0.814 bits per heavy atom. The summed E-state index contributed by atoms with van der Waals surface area (Å²) in [5.74, 6) is -6.67. The van der Waals surface area contributed by atoms with E-state index >= 15 is 0 Å². The summed E-state index contributed by atoms with van der Waals surface area (Å²) >= 11 is 0. The lowest BCUT2D eigenvalue weighted by Gasteiger charge is -2.23. The maximum Gasteiger partial charge on any atom is 0.430 e. The molecule has 452 valence electrons. The molecule has 0 bridgehead atoms. The van der Waals surface area contributed by atoms with Crippen LogP contribution in [0.15, 0.2) is 146 Å². The number of rotatable bonds is 16. The largest absolute Gasteiger partial charge is 0.542 e. The van der Waals surface area contributed by atoms with Gasteiger partial charge in [0.05, 0.1) is 52.1 Å². The lowest BCUT2D eigenvalue weighted by atomic mass is 10.1. The molecule has 2 heterocycles. The highest BCUT2D eigenvalue weighted by molar-refractivity contribution is 6.01. The summed E-state index contributed by atoms with van der Waals surface area (Å²) in [6.45, 7) is 1.36. The summed E-state index contributed by atoms with van der Waals surface area (Å²) in [5, 5.41) is 62.7. The van der Waals surface area contributed by atoms with Gasteiger partial charge >= 0.3 is 12.4 Å². The van der Waals surface area contributed by atoms with Gasteiger partial charge in [0.25, 0.3) is 23.2 Å². The molecule has 0 fully saturated rings. The third kappa shape index (κ3) is 18.3. The normalized spacial score (nSPS) is 11.4. The van der Waals surface area contributed by atoms with Gasteiger partial charge in [-0.05, 0) is 82.9 Å². The average Bonchev–Trinajstić information content (AvgIpc) is 1.86. The first kappa shape index (κ1) is 66.3. The van der Waals surface area contributed by atoms with E-state index in [2.05, 4.69) is 52.9 Å². The van der Waals surface area contributed by atoms with Gasteiger partial charge in [-0.3, -0.25) is 49.6 Å². The Hall–Kier alpha value is -10.5. The number of nitrogens with one attached hydrogen (secondary N) is 4. The van der Waals surface area contributed by atoms with Crippen LogP contribution in [0, 0.1) is 31.0 Å². The summed E-state index contributed by atoms with van der Waals surface area (Å²) in [4.78, 5) is 65.8. The van der Waals surface area contributed by atoms with Gasteiger partial charge in [-0.15, -0.1) is 0 Å². The monoisotopic (exact) mass is 1200 g/mol. The van der Waals surface area contributed by atoms with Crippen LogP contribution in [-0.2, 0) is 35.8 Å². The van der Waals surface area contributed by atoms with Gasteiger partial charge in [-0.1, -0.05) is 60.7 Å². The molecule has 22 nitrogen and oxygen atoms in total. The Balaban J connectivity index is 0.000000257. The molecular formula is C58H58F6N12O10. The summed E-state index contributed by atoms with van der Waals surface area (Å²) in [6.07, 6.45) is -10.4. The predicted molar refractivity (Wildman–Crippen MR) is 307 cm³/mol. The van der Waals surface area contributed by atoms with Gasteiger partial charge in [-0.2, -0.15) is 26.3 Å². The number of nitro groups is 2. The van der Waals surface area contributed by atoms with Crippen molar-refractivity contribution in [3.8, 4) is 0 Å². The maximum atomic E-state index is 13.3. The first-order valence-corrected chi connectivity index (χ1v) is 25.3. The molecular weight excluding hydrogens is 1140 g/mol. The van der Waals surface area contributed by atoms with Crippen LogP contribution in [0.2, 0.25) is 0 Å². The zero-order valence-corrected chi connectivity index (χ0v) is 46.9. The lowest BCUT2D eigenvalue weighted by Crippen LogP contribution is -2.37. The van der Waals surface area contributed by atoms with Crippen LogP contribution in [0.4, 0.5) is 49.1 Å². The Bertz CT molecular complexity index is 3600. The zero-order valence-electron chi connectivity index (χ0n) is 46.9. The number of amides is 2. The number of benzene rings is 6. The Labute approximate surface area is 486 Å². The number of halogens is 6. The molecule has 0 spiro atoms. The standard InChI is InChI=1S/2C27H28N6O3.2C2HF3O2/c2*1-33(2,3)23-10-7-18(8-11-23)16-30-27(34)25-15-21-14-22(32(35)36)9-12-24(21)31(25)17-19-5-4-6-20(13-19)26(28)29;2*3-2(4,5)1(6)7/h2*4-15H,16-17H2,1-3H3,(H3-,28,29,30,34);2*(H,6,7). The summed E-state index contributed by atoms with van der Waals surface area (Å²) in [7, 11) is 12.5. The molecule has 2 aromatic heterocycles. The number of carboxylic acids is 2. The lowest BCUT2D eigenvalue weighted by molar-refractivity contribution is -0.384. The van der Waals surface area contributed by atoms with Crippen molar-refractivity contribution < 1.29 is 65.6 Å². The molecule has 86 heavy (non-hydrogen) atoms. The van der Waals surface area contributed by atoms with Gasteiger partial charge in [-0.25, -0.2) is 0 Å². The number of aromatic nitrogens is 2. The number of hydrogen-bond acceptors (Lipinski definition) is 12. The number of carbonyl (C=O) groups is 4. The van der Waals surface area contributed by atoms with E-state index in [9.17, 15) is 56.2 Å². The number of carbonyl (C=O) groups excluding carboxylic acids is 4. The van der Waals surface area contributed by atoms with E-state index in [1.165, 1.54) is 24.3 Å². The molecule has 8 aromatic rings. The fraction of sp³-hybridized carbons (Fsp3) is 0.207. The fourth-order valence-electron chi connectivity index (χ4n) is 8.17. The molecule has 8 N–H and O–H groups in total. The average molecular weight is 1200 g/mol. The maximum absolute atomic E-state index is 13.3. The molecule has 0 saturated carbocycles. The molecule has 28 heteroatoms. The SMILES string of the molecule is C[N+](C)(C)c1ccc(CNC(=O)c2cc3cc([N+](=O)[O-])ccc3n2Cc2cccc(C(=N)N)c2)cc1.C[N+](C)(C)c1ccc(CNC(=O)c2cc3cc([N+](=O)[O-])ccc3n2Cc2cccc(C(=N)N)c2)cc1.O=C([O-])C(F)(F)F.O=C([O-])C(F)(F)F. The van der Waals surface area contributed by atoms with E-state index < -0.39 is 34.1 Å². The van der Waals surface area contributed by atoms with Crippen molar-refractivity contribution in [1.29, 1.82) is 10.8 Å². The van der Waals surface area contributed by atoms with Gasteiger partial charge < -0.3 is 51.0 Å². The quantitative estimate of drug-likeness (QED) is 0.0149. The van der Waals surface area contributed by atoms with Crippen LogP contribution in [0.5, 0.6) is 0 Å². The van der Waals surface area contributed by atoms with E-state index in [0.29, 0.717) is 79.5 Å². The van der Waals surface area contributed by atoms with Crippen LogP contribution >= 0.6 is 0 Å². The zero-order chi connectivity index (χ0) is 64.2. The Kier molecular flexibility index (Phi) is 21.0. The first-order valence-electron chi connectivity index (χ1n) is 25.3. The van der Waals surface area contributed by atoms with Gasteiger partial charge in [0, 0.05) is 83.4 Å². The number of alkyl halides is 6. The minimum Gasteiger partial charge on any atom is -0.542 e. The molecule has 0 radical (unpaired) electrons. The third-order valence-corrected chi connectivity index (χ3v) is 12.6. The Morgan fingerprint density at radius 1 is 0.500 bits per heavy atom. The highest BCUT2D eigenvalue weighted by Gasteiger charge is 2.30. The minimum absolute atomic E-state index is 0.0393. The van der Waals surface area contributed by atoms with E-state index in [0.717, 1.165) is 33.6 Å². The molecule has 2 amide bonds. The smallest absolute Gasteiger partial charge is 0.430 e. The Morgan fingerprint density at radius 3 is 1.08 bits per heavy atom. The summed E-state index contributed by atoms with van der Waals surface area (Å²) in [5.41, 5.74) is 20.5. The topological polar surface area (TPSA) is 334 Å². The number of nitrogens with zero attached hydrogens (tertiary/aromatic N) is 6. The van der Waals surface area contributed by atoms with Gasteiger partial charge in [0.1, 0.15) is 46.4 Å². The predicted octanol–water partition coefficient (Wildman–Crippen LogP) is 6.61. The van der Waals surface area contributed by atoms with Crippen molar-refractivity contribution >= 4 is 80.0 Å². The van der Waals surface area contributed by atoms with E-state index in [1.54, 1.807) is 48.5 Å². The van der Waals surface area contributed by atoms with Crippen molar-refractivity contribution in [3.63, 3.8) is 0 Å². The van der Waals surface area contributed by atoms with E-state index in [1.807, 2.05) is 81.9 Å². The second-order valence-electron chi connectivity index (χ2n) is 20.8. The number of fused-ring (bicyclic) bond motifs is 2. The number of non-ortho nitro benzene ring substituents is 2. The molecule has 8 rings (SSSR count). The number of nitro benzene ring substituents is 2. The number of aliphatic carboxylic acids is 2. The molecule has 0 aliphatic rings. The third-order valence-electron chi connectivity index (χ3n) is 12.6. The van der Waals surface area contributed by atoms with Crippen molar-refractivity contribution in [3.05, 3.63) is 211 Å². The van der Waals surface area contributed by atoms with Crippen molar-refractivity contribution in [2.45, 2.75) is 38.5 Å². The molecule has 0 unspecified atom stereocenters. The highest BCUT2D eigenvalue weighted by Crippen LogP contribution is 2.29. The van der Waals surface area contributed by atoms with Gasteiger partial charge in [0.2, 0.25) is 0 Å². The van der Waals surface area contributed by atoms with E-state index in [4.69, 9.17) is 42.1 Å². The second kappa shape index (κ2) is 27.3. The molecule has 0 aliphatic carbocycles. The number of nitrogen functional groups attached to an aromatic ring is 2. The molecule has 6 aromatic carbocycles. The van der Waals surface area contributed by atoms with Crippen molar-refractivity contribution in [2.24, 2.45) is 11.5 Å². The molecule has 0 saturated heterocycles. The van der Waals surface area contributed by atoms with Gasteiger partial charge in [0.15, 0.2) is 0 Å².